The van der Waals surface area contributed by atoms with Gasteiger partial charge in [-0.3, -0.25) is 4.98 Å². The predicted octanol–water partition coefficient (Wildman–Crippen LogP) is 3.95. The van der Waals surface area contributed by atoms with E-state index >= 15 is 0 Å². The normalized spacial score (nSPS) is 12.4. The van der Waals surface area contributed by atoms with Gasteiger partial charge < -0.3 is 14.9 Å². The number of aliphatic hydroxyl groups excluding tert-OH is 1. The summed E-state index contributed by atoms with van der Waals surface area (Å²) < 4.78 is 19.9. The smallest absolute Gasteiger partial charge is 0.416 e. The number of benzene rings is 2. The molecule has 0 saturated heterocycles. The molecule has 0 radical (unpaired) electrons. The number of ether oxygens (including phenoxy) is 1. The van der Waals surface area contributed by atoms with Crippen LogP contribution in [0.2, 0.25) is 0 Å². The number of carboxylic acid groups (broad SMARTS) is 1. The van der Waals surface area contributed by atoms with Gasteiger partial charge in [-0.25, -0.2) is 13.8 Å². The van der Waals surface area contributed by atoms with Crippen molar-refractivity contribution in [2.45, 2.75) is 6.10 Å². The molecule has 2 aromatic carbocycles. The number of hydrogen-bond donors (Lipinski definition) is 2. The van der Waals surface area contributed by atoms with Gasteiger partial charge in [0.2, 0.25) is 0 Å². The van der Waals surface area contributed by atoms with Gasteiger partial charge in [0.1, 0.15) is 17.7 Å². The van der Waals surface area contributed by atoms with E-state index in [-0.39, 0.29) is 5.52 Å². The monoisotopic (exact) mass is 366 g/mol. The minimum Gasteiger partial charge on any atom is -0.495 e. The van der Waals surface area contributed by atoms with Gasteiger partial charge in [0.25, 0.3) is 0 Å². The lowest BCUT2D eigenvalue weighted by Crippen LogP contribution is -2.08. The summed E-state index contributed by atoms with van der Waals surface area (Å²) >= 11 is 0. The number of aliphatic hydroxyl groups is 1. The van der Waals surface area contributed by atoms with Gasteiger partial charge in [-0.2, -0.15) is 0 Å². The van der Waals surface area contributed by atoms with E-state index in [1.54, 1.807) is 30.3 Å². The van der Waals surface area contributed by atoms with Crippen LogP contribution in [0.5, 0.6) is 5.75 Å². The number of carbonyl (C=O) groups is 1. The number of halogens is 1. The highest BCUT2D eigenvalue weighted by atomic mass is 19.1. The van der Waals surface area contributed by atoms with Gasteiger partial charge in [0, 0.05) is 22.5 Å². The van der Waals surface area contributed by atoms with Gasteiger partial charge in [0.15, 0.2) is 0 Å². The van der Waals surface area contributed by atoms with E-state index in [1.165, 1.54) is 31.6 Å². The third-order valence-corrected chi connectivity index (χ3v) is 4.59. The van der Waals surface area contributed by atoms with Gasteiger partial charge in [-0.1, -0.05) is 12.1 Å². The summed E-state index contributed by atoms with van der Waals surface area (Å²) in [4.78, 5) is 15.8. The first kappa shape index (κ1) is 17.0. The summed E-state index contributed by atoms with van der Waals surface area (Å²) in [6.45, 7) is 0. The highest BCUT2D eigenvalue weighted by Gasteiger charge is 2.20. The van der Waals surface area contributed by atoms with E-state index in [9.17, 15) is 19.4 Å². The van der Waals surface area contributed by atoms with Crippen LogP contribution in [0.1, 0.15) is 17.2 Å². The molecule has 4 aromatic rings. The van der Waals surface area contributed by atoms with Crippen LogP contribution in [0.3, 0.4) is 0 Å². The van der Waals surface area contributed by atoms with Crippen LogP contribution < -0.4 is 4.74 Å². The topological polar surface area (TPSA) is 84.6 Å². The second-order valence-electron chi connectivity index (χ2n) is 6.08. The van der Waals surface area contributed by atoms with Crippen LogP contribution in [0.15, 0.2) is 54.9 Å². The number of methoxy groups -OCH3 is 1. The third kappa shape index (κ3) is 2.69. The lowest BCUT2D eigenvalue weighted by Gasteiger charge is -2.15. The molecule has 1 atom stereocenters. The van der Waals surface area contributed by atoms with Crippen LogP contribution in [0.4, 0.5) is 9.18 Å². The molecule has 2 aromatic heterocycles. The zero-order chi connectivity index (χ0) is 19.1. The Labute approximate surface area is 153 Å². The van der Waals surface area contributed by atoms with Crippen LogP contribution in [0.25, 0.3) is 21.8 Å². The van der Waals surface area contributed by atoms with Crippen molar-refractivity contribution in [3.63, 3.8) is 0 Å². The maximum Gasteiger partial charge on any atom is 0.416 e. The molecule has 0 bridgehead atoms. The molecule has 0 amide bonds. The molecule has 27 heavy (non-hydrogen) atoms. The fraction of sp³-hybridized carbons (Fsp3) is 0.100. The van der Waals surface area contributed by atoms with Gasteiger partial charge in [-0.15, -0.1) is 0 Å². The zero-order valence-corrected chi connectivity index (χ0v) is 14.3. The lowest BCUT2D eigenvalue weighted by molar-refractivity contribution is 0.198. The molecule has 136 valence electrons. The third-order valence-electron chi connectivity index (χ3n) is 4.59. The molecule has 0 fully saturated rings. The SMILES string of the molecule is COc1cnccc1C(O)c1ccc2c3ccc(F)cc3n(C(=O)O)c2c1. The molecular weight excluding hydrogens is 351 g/mol. The maximum absolute atomic E-state index is 13.7. The standard InChI is InChI=1S/C20H15FN2O4/c1-27-18-10-22-7-6-15(18)19(24)11-2-4-13-14-5-3-12(21)9-17(14)23(20(25)26)16(13)8-11/h2-10,19,24H,1H3,(H,25,26). The second kappa shape index (κ2) is 6.37. The predicted molar refractivity (Wildman–Crippen MR) is 97.7 cm³/mol. The summed E-state index contributed by atoms with van der Waals surface area (Å²) in [6.07, 6.45) is 0.767. The van der Waals surface area contributed by atoms with Gasteiger partial charge in [0.05, 0.1) is 24.3 Å². The van der Waals surface area contributed by atoms with Crippen LogP contribution in [-0.2, 0) is 0 Å². The Bertz CT molecular complexity index is 1190. The van der Waals surface area contributed by atoms with Crippen molar-refractivity contribution in [1.82, 2.24) is 9.55 Å². The Hall–Kier alpha value is -3.45. The highest BCUT2D eigenvalue weighted by Crippen LogP contribution is 2.34. The Balaban J connectivity index is 1.95. The number of hydrogen-bond acceptors (Lipinski definition) is 4. The molecule has 0 aliphatic heterocycles. The molecule has 4 rings (SSSR count). The molecule has 7 heteroatoms. The van der Waals surface area contributed by atoms with E-state index in [0.29, 0.717) is 33.2 Å². The molecule has 6 nitrogen and oxygen atoms in total. The van der Waals surface area contributed by atoms with Gasteiger partial charge in [-0.05, 0) is 35.9 Å². The summed E-state index contributed by atoms with van der Waals surface area (Å²) in [6, 6.07) is 10.7. The number of aromatic nitrogens is 2. The quantitative estimate of drug-likeness (QED) is 0.574. The fourth-order valence-corrected chi connectivity index (χ4v) is 3.35. The number of nitrogens with zero attached hydrogens (tertiary/aromatic N) is 2. The van der Waals surface area contributed by atoms with Crippen molar-refractivity contribution in [3.8, 4) is 5.75 Å². The van der Waals surface area contributed by atoms with Crippen LogP contribution >= 0.6 is 0 Å². The maximum atomic E-state index is 13.7. The van der Waals surface area contributed by atoms with Gasteiger partial charge >= 0.3 is 6.09 Å². The Morgan fingerprint density at radius 3 is 2.56 bits per heavy atom. The van der Waals surface area contributed by atoms with Crippen molar-refractivity contribution < 1.29 is 24.1 Å². The van der Waals surface area contributed by atoms with Crippen LogP contribution in [0, 0.1) is 5.82 Å². The summed E-state index contributed by atoms with van der Waals surface area (Å²) in [7, 11) is 1.48. The first-order chi connectivity index (χ1) is 13.0. The van der Waals surface area contributed by atoms with Crippen molar-refractivity contribution in [3.05, 3.63) is 71.8 Å². The Morgan fingerprint density at radius 2 is 1.85 bits per heavy atom. The first-order valence-electron chi connectivity index (χ1n) is 8.14. The number of fused-ring (bicyclic) bond motifs is 3. The highest BCUT2D eigenvalue weighted by molar-refractivity contribution is 6.12. The minimum atomic E-state index is -1.23. The van der Waals surface area contributed by atoms with Crippen LogP contribution in [-0.4, -0.2) is 33.0 Å². The summed E-state index contributed by atoms with van der Waals surface area (Å²) in [5.74, 6) is -0.0967. The lowest BCUT2D eigenvalue weighted by atomic mass is 10.0. The first-order valence-corrected chi connectivity index (χ1v) is 8.14. The number of pyridine rings is 1. The molecule has 2 heterocycles. The molecule has 0 spiro atoms. The molecule has 0 aliphatic rings. The van der Waals surface area contributed by atoms with E-state index < -0.39 is 18.0 Å². The molecule has 0 aliphatic carbocycles. The average molecular weight is 366 g/mol. The Morgan fingerprint density at radius 1 is 1.15 bits per heavy atom. The summed E-state index contributed by atoms with van der Waals surface area (Å²) in [5.41, 5.74) is 1.62. The number of rotatable bonds is 3. The largest absolute Gasteiger partial charge is 0.495 e. The van der Waals surface area contributed by atoms with E-state index in [1.807, 2.05) is 0 Å². The van der Waals surface area contributed by atoms with Crippen molar-refractivity contribution in [1.29, 1.82) is 0 Å². The average Bonchev–Trinajstić information content (AvgIpc) is 2.99. The minimum absolute atomic E-state index is 0.255. The zero-order valence-electron chi connectivity index (χ0n) is 14.3. The van der Waals surface area contributed by atoms with E-state index in [2.05, 4.69) is 4.98 Å². The van der Waals surface area contributed by atoms with E-state index in [0.717, 1.165) is 4.57 Å². The van der Waals surface area contributed by atoms with Crippen molar-refractivity contribution in [2.75, 3.05) is 7.11 Å². The van der Waals surface area contributed by atoms with Crippen molar-refractivity contribution >= 4 is 27.9 Å². The fourth-order valence-electron chi connectivity index (χ4n) is 3.35. The van der Waals surface area contributed by atoms with Crippen molar-refractivity contribution in [2.24, 2.45) is 0 Å². The Kier molecular flexibility index (Phi) is 4.01. The molecule has 2 N–H and O–H groups in total. The molecular formula is C20H15FN2O4. The molecule has 1 unspecified atom stereocenters. The van der Waals surface area contributed by atoms with E-state index in [4.69, 9.17) is 4.74 Å². The summed E-state index contributed by atoms with van der Waals surface area (Å²) in [5, 5.41) is 21.7. The molecule has 0 saturated carbocycles. The second-order valence-corrected chi connectivity index (χ2v) is 6.08.